The van der Waals surface area contributed by atoms with E-state index >= 15 is 0 Å². The molecule has 7 heteroatoms. The van der Waals surface area contributed by atoms with Crippen molar-refractivity contribution in [2.75, 3.05) is 19.6 Å². The van der Waals surface area contributed by atoms with Gasteiger partial charge < -0.3 is 5.32 Å². The lowest BCUT2D eigenvalue weighted by Gasteiger charge is -2.42. The first-order chi connectivity index (χ1) is 9.25. The molecule has 0 spiro atoms. The first-order valence-electron chi connectivity index (χ1n) is 6.22. The third kappa shape index (κ3) is 2.52. The molecule has 2 rings (SSSR count). The predicted molar refractivity (Wildman–Crippen MR) is 63.6 cm³/mol. The van der Waals surface area contributed by atoms with Crippen molar-refractivity contribution in [1.82, 2.24) is 10.2 Å². The summed E-state index contributed by atoms with van der Waals surface area (Å²) in [6.07, 6.45) is 0. The maximum absolute atomic E-state index is 13.6. The molecule has 0 saturated carbocycles. The number of nitrogens with zero attached hydrogens (tertiary/aromatic N) is 1. The van der Waals surface area contributed by atoms with Crippen LogP contribution >= 0.6 is 0 Å². The van der Waals surface area contributed by atoms with E-state index in [1.807, 2.05) is 13.8 Å². The zero-order valence-corrected chi connectivity index (χ0v) is 11.2. The number of benzene rings is 1. The molecule has 1 heterocycles. The van der Waals surface area contributed by atoms with Crippen LogP contribution in [0.3, 0.4) is 0 Å². The zero-order chi connectivity index (χ0) is 15.1. The first kappa shape index (κ1) is 15.2. The Kier molecular flexibility index (Phi) is 4.02. The average molecular weight is 294 g/mol. The molecule has 2 nitrogen and oxygen atoms in total. The smallest absolute Gasteiger partial charge is 0.200 e. The fraction of sp³-hybridized carbons (Fsp3) is 0.538. The fourth-order valence-electron chi connectivity index (χ4n) is 2.30. The van der Waals surface area contributed by atoms with Crippen molar-refractivity contribution >= 4 is 0 Å². The van der Waals surface area contributed by atoms with Gasteiger partial charge in [-0.2, -0.15) is 0 Å². The number of rotatable bonds is 2. The highest BCUT2D eigenvalue weighted by Crippen LogP contribution is 2.27. The minimum absolute atomic E-state index is 0.319. The van der Waals surface area contributed by atoms with E-state index in [4.69, 9.17) is 0 Å². The van der Waals surface area contributed by atoms with Gasteiger partial charge in [0.15, 0.2) is 23.3 Å². The minimum Gasteiger partial charge on any atom is -0.314 e. The van der Waals surface area contributed by atoms with Gasteiger partial charge in [-0.15, -0.1) is 0 Å². The maximum Gasteiger partial charge on any atom is 0.200 e. The molecular formula is C13H15F5N2. The molecule has 0 unspecified atom stereocenters. The van der Waals surface area contributed by atoms with E-state index in [-0.39, 0.29) is 6.54 Å². The Balaban J connectivity index is 2.39. The van der Waals surface area contributed by atoms with Crippen LogP contribution in [0.15, 0.2) is 0 Å². The molecule has 1 aliphatic rings. The summed E-state index contributed by atoms with van der Waals surface area (Å²) < 4.78 is 66.6. The van der Waals surface area contributed by atoms with Crippen LogP contribution in [-0.4, -0.2) is 30.1 Å². The van der Waals surface area contributed by atoms with Crippen molar-refractivity contribution in [2.24, 2.45) is 0 Å². The molecule has 0 bridgehead atoms. The summed E-state index contributed by atoms with van der Waals surface area (Å²) in [5.74, 6) is -9.42. The Morgan fingerprint density at radius 2 is 1.45 bits per heavy atom. The van der Waals surface area contributed by atoms with Gasteiger partial charge in [0.1, 0.15) is 0 Å². The molecule has 0 amide bonds. The highest BCUT2D eigenvalue weighted by atomic mass is 19.2. The van der Waals surface area contributed by atoms with E-state index in [9.17, 15) is 22.0 Å². The van der Waals surface area contributed by atoms with E-state index in [0.717, 1.165) is 0 Å². The van der Waals surface area contributed by atoms with Gasteiger partial charge in [-0.1, -0.05) is 0 Å². The van der Waals surface area contributed by atoms with Crippen LogP contribution in [0.25, 0.3) is 0 Å². The summed E-state index contributed by atoms with van der Waals surface area (Å²) >= 11 is 0. The number of halogens is 5. The van der Waals surface area contributed by atoms with Gasteiger partial charge in [0.05, 0.1) is 0 Å². The molecule has 1 saturated heterocycles. The third-order valence-corrected chi connectivity index (χ3v) is 3.62. The quantitative estimate of drug-likeness (QED) is 0.512. The lowest BCUT2D eigenvalue weighted by Crippen LogP contribution is -2.57. The third-order valence-electron chi connectivity index (χ3n) is 3.62. The molecule has 0 aliphatic carbocycles. The van der Waals surface area contributed by atoms with Crippen molar-refractivity contribution in [3.63, 3.8) is 0 Å². The molecule has 0 aromatic heterocycles. The number of hydrogen-bond acceptors (Lipinski definition) is 2. The van der Waals surface area contributed by atoms with Gasteiger partial charge >= 0.3 is 0 Å². The van der Waals surface area contributed by atoms with E-state index in [0.29, 0.717) is 19.6 Å². The Morgan fingerprint density at radius 1 is 0.950 bits per heavy atom. The molecule has 1 fully saturated rings. The van der Waals surface area contributed by atoms with Gasteiger partial charge in [0, 0.05) is 37.3 Å². The lowest BCUT2D eigenvalue weighted by molar-refractivity contribution is 0.0795. The van der Waals surface area contributed by atoms with Crippen molar-refractivity contribution in [3.05, 3.63) is 34.6 Å². The SMILES string of the molecule is CC1(C)CNCCN1Cc1c(F)c(F)c(F)c(F)c1F. The van der Waals surface area contributed by atoms with Gasteiger partial charge in [0.25, 0.3) is 0 Å². The maximum atomic E-state index is 13.6. The van der Waals surface area contributed by atoms with Gasteiger partial charge in [0.2, 0.25) is 5.82 Å². The largest absolute Gasteiger partial charge is 0.314 e. The molecule has 1 aromatic carbocycles. The first-order valence-corrected chi connectivity index (χ1v) is 6.22. The number of hydrogen-bond donors (Lipinski definition) is 1. The normalized spacial score (nSPS) is 19.4. The van der Waals surface area contributed by atoms with Crippen LogP contribution < -0.4 is 5.32 Å². The molecular weight excluding hydrogens is 279 g/mol. The standard InChI is InChI=1S/C13H15F5N2/c1-13(2)6-19-3-4-20(13)5-7-8(14)10(16)12(18)11(17)9(7)15/h19H,3-6H2,1-2H3. The van der Waals surface area contributed by atoms with E-state index in [1.54, 1.807) is 4.90 Å². The summed E-state index contributed by atoms with van der Waals surface area (Å²) in [5.41, 5.74) is -1.21. The van der Waals surface area contributed by atoms with Crippen LogP contribution in [-0.2, 0) is 6.54 Å². The van der Waals surface area contributed by atoms with Gasteiger partial charge in [-0.05, 0) is 13.8 Å². The molecule has 1 N–H and O–H groups in total. The van der Waals surface area contributed by atoms with Crippen LogP contribution in [0.1, 0.15) is 19.4 Å². The number of piperazine rings is 1. The summed E-state index contributed by atoms with van der Waals surface area (Å²) in [6.45, 7) is 4.99. The van der Waals surface area contributed by atoms with Crippen molar-refractivity contribution < 1.29 is 22.0 Å². The molecule has 1 aromatic rings. The van der Waals surface area contributed by atoms with Crippen LogP contribution in [0, 0.1) is 29.1 Å². The molecule has 0 atom stereocenters. The van der Waals surface area contributed by atoms with E-state index in [1.165, 1.54) is 0 Å². The van der Waals surface area contributed by atoms with Crippen molar-refractivity contribution in [1.29, 1.82) is 0 Å². The molecule has 20 heavy (non-hydrogen) atoms. The summed E-state index contributed by atoms with van der Waals surface area (Å²) in [4.78, 5) is 1.70. The van der Waals surface area contributed by atoms with Crippen molar-refractivity contribution in [2.45, 2.75) is 25.9 Å². The monoisotopic (exact) mass is 294 g/mol. The topological polar surface area (TPSA) is 15.3 Å². The van der Waals surface area contributed by atoms with Crippen LogP contribution in [0.4, 0.5) is 22.0 Å². The Labute approximate surface area is 113 Å². The lowest BCUT2D eigenvalue weighted by atomic mass is 9.99. The van der Waals surface area contributed by atoms with Crippen molar-refractivity contribution in [3.8, 4) is 0 Å². The minimum atomic E-state index is -2.12. The Hall–Kier alpha value is -1.21. The van der Waals surface area contributed by atoms with E-state index < -0.39 is 40.2 Å². The summed E-state index contributed by atoms with van der Waals surface area (Å²) in [7, 11) is 0. The fourth-order valence-corrected chi connectivity index (χ4v) is 2.30. The number of nitrogens with one attached hydrogen (secondary N) is 1. The second-order valence-corrected chi connectivity index (χ2v) is 5.46. The highest BCUT2D eigenvalue weighted by Gasteiger charge is 2.33. The average Bonchev–Trinajstić information content (AvgIpc) is 2.40. The second kappa shape index (κ2) is 5.29. The van der Waals surface area contributed by atoms with Gasteiger partial charge in [-0.25, -0.2) is 22.0 Å². The molecule has 1 aliphatic heterocycles. The predicted octanol–water partition coefficient (Wildman–Crippen LogP) is 2.57. The van der Waals surface area contributed by atoms with Crippen LogP contribution in [0.2, 0.25) is 0 Å². The molecule has 0 radical (unpaired) electrons. The van der Waals surface area contributed by atoms with E-state index in [2.05, 4.69) is 5.32 Å². The molecule has 112 valence electrons. The highest BCUT2D eigenvalue weighted by molar-refractivity contribution is 5.24. The summed E-state index contributed by atoms with van der Waals surface area (Å²) in [5, 5.41) is 3.11. The Morgan fingerprint density at radius 3 is 1.95 bits per heavy atom. The zero-order valence-electron chi connectivity index (χ0n) is 11.2. The summed E-state index contributed by atoms with van der Waals surface area (Å²) in [6, 6.07) is 0. The second-order valence-electron chi connectivity index (χ2n) is 5.46. The van der Waals surface area contributed by atoms with Crippen LogP contribution in [0.5, 0.6) is 0 Å². The Bertz CT molecular complexity index is 501. The van der Waals surface area contributed by atoms with Gasteiger partial charge in [-0.3, -0.25) is 4.90 Å².